The standard InChI is InChI=1S/C14H14N6S/c1-4-9-8(2)21-14-11(9)13-17-12(18-20(13)7-15-14)10-5-6-16-19(10)3/h5-7H,4H2,1-3H3. The zero-order valence-corrected chi connectivity index (χ0v) is 12.8. The fourth-order valence-electron chi connectivity index (χ4n) is 2.69. The molecule has 6 nitrogen and oxygen atoms in total. The van der Waals surface area contributed by atoms with Gasteiger partial charge in [0, 0.05) is 18.1 Å². The normalized spacial score (nSPS) is 11.8. The molecule has 0 radical (unpaired) electrons. The number of hydrogen-bond donors (Lipinski definition) is 0. The highest BCUT2D eigenvalue weighted by molar-refractivity contribution is 7.18. The Bertz CT molecular complexity index is 961. The Morgan fingerprint density at radius 3 is 2.90 bits per heavy atom. The maximum absolute atomic E-state index is 4.72. The van der Waals surface area contributed by atoms with E-state index >= 15 is 0 Å². The Balaban J connectivity index is 2.07. The molecule has 0 aliphatic rings. The van der Waals surface area contributed by atoms with Gasteiger partial charge in [-0.05, 0) is 25.0 Å². The van der Waals surface area contributed by atoms with Gasteiger partial charge < -0.3 is 0 Å². The summed E-state index contributed by atoms with van der Waals surface area (Å²) in [4.78, 5) is 11.6. The van der Waals surface area contributed by atoms with Crippen LogP contribution in [0.5, 0.6) is 0 Å². The number of aromatic nitrogens is 6. The quantitative estimate of drug-likeness (QED) is 0.571. The van der Waals surface area contributed by atoms with Crippen molar-refractivity contribution in [1.82, 2.24) is 29.4 Å². The molecule has 4 rings (SSSR count). The highest BCUT2D eigenvalue weighted by Gasteiger charge is 2.17. The second-order valence-electron chi connectivity index (χ2n) is 4.96. The lowest BCUT2D eigenvalue weighted by atomic mass is 10.1. The minimum Gasteiger partial charge on any atom is -0.265 e. The fourth-order valence-corrected chi connectivity index (χ4v) is 3.77. The number of hydrogen-bond acceptors (Lipinski definition) is 5. The minimum atomic E-state index is 0.676. The van der Waals surface area contributed by atoms with Crippen molar-refractivity contribution in [3.8, 4) is 11.5 Å². The molecule has 0 aromatic carbocycles. The van der Waals surface area contributed by atoms with Gasteiger partial charge in [-0.1, -0.05) is 6.92 Å². The first-order valence-electron chi connectivity index (χ1n) is 6.80. The van der Waals surface area contributed by atoms with Crippen LogP contribution in [-0.4, -0.2) is 29.4 Å². The van der Waals surface area contributed by atoms with Gasteiger partial charge in [0.15, 0.2) is 11.5 Å². The zero-order valence-electron chi connectivity index (χ0n) is 12.0. The molecular formula is C14H14N6S. The Labute approximate surface area is 125 Å². The number of rotatable bonds is 2. The van der Waals surface area contributed by atoms with Crippen LogP contribution >= 0.6 is 11.3 Å². The molecule has 0 bridgehead atoms. The molecular weight excluding hydrogens is 284 g/mol. The summed E-state index contributed by atoms with van der Waals surface area (Å²) in [5, 5.41) is 9.84. The zero-order chi connectivity index (χ0) is 14.6. The van der Waals surface area contributed by atoms with Crippen LogP contribution in [-0.2, 0) is 13.5 Å². The third-order valence-corrected chi connectivity index (χ3v) is 4.79. The van der Waals surface area contributed by atoms with Crippen LogP contribution < -0.4 is 0 Å². The molecule has 21 heavy (non-hydrogen) atoms. The Morgan fingerprint density at radius 1 is 1.33 bits per heavy atom. The molecule has 0 N–H and O–H groups in total. The number of aryl methyl sites for hydroxylation is 3. The fraction of sp³-hybridized carbons (Fsp3) is 0.286. The summed E-state index contributed by atoms with van der Waals surface area (Å²) in [6, 6.07) is 1.92. The molecule has 106 valence electrons. The van der Waals surface area contributed by atoms with E-state index in [4.69, 9.17) is 4.98 Å². The highest BCUT2D eigenvalue weighted by atomic mass is 32.1. The van der Waals surface area contributed by atoms with Crippen molar-refractivity contribution in [2.75, 3.05) is 0 Å². The summed E-state index contributed by atoms with van der Waals surface area (Å²) in [7, 11) is 1.89. The maximum atomic E-state index is 4.72. The molecule has 7 heteroatoms. The van der Waals surface area contributed by atoms with Crippen LogP contribution in [0.1, 0.15) is 17.4 Å². The topological polar surface area (TPSA) is 60.9 Å². The molecule has 0 saturated carbocycles. The van der Waals surface area contributed by atoms with E-state index in [2.05, 4.69) is 29.0 Å². The van der Waals surface area contributed by atoms with Crippen molar-refractivity contribution >= 4 is 27.2 Å². The summed E-state index contributed by atoms with van der Waals surface area (Å²) in [5.74, 6) is 0.676. The monoisotopic (exact) mass is 298 g/mol. The van der Waals surface area contributed by atoms with Crippen molar-refractivity contribution in [3.05, 3.63) is 29.0 Å². The van der Waals surface area contributed by atoms with E-state index in [1.165, 1.54) is 10.4 Å². The van der Waals surface area contributed by atoms with Gasteiger partial charge in [-0.3, -0.25) is 4.68 Å². The van der Waals surface area contributed by atoms with E-state index in [1.807, 2.05) is 13.1 Å². The molecule has 4 aromatic heterocycles. The first-order valence-corrected chi connectivity index (χ1v) is 7.62. The van der Waals surface area contributed by atoms with E-state index in [-0.39, 0.29) is 0 Å². The van der Waals surface area contributed by atoms with Crippen LogP contribution in [0.15, 0.2) is 18.6 Å². The van der Waals surface area contributed by atoms with Crippen LogP contribution in [0.2, 0.25) is 0 Å². The second-order valence-corrected chi connectivity index (χ2v) is 6.16. The van der Waals surface area contributed by atoms with E-state index in [0.717, 1.165) is 28.0 Å². The largest absolute Gasteiger partial charge is 0.265 e. The predicted octanol–water partition coefficient (Wildman–Crippen LogP) is 2.61. The maximum Gasteiger partial charge on any atom is 0.200 e. The van der Waals surface area contributed by atoms with Crippen molar-refractivity contribution in [2.45, 2.75) is 20.3 Å². The molecule has 0 amide bonds. The van der Waals surface area contributed by atoms with E-state index in [9.17, 15) is 0 Å². The molecule has 0 aliphatic carbocycles. The Hall–Kier alpha value is -2.28. The van der Waals surface area contributed by atoms with Crippen molar-refractivity contribution < 1.29 is 0 Å². The number of thiophene rings is 1. The second kappa shape index (κ2) is 4.36. The van der Waals surface area contributed by atoms with Crippen molar-refractivity contribution in [2.24, 2.45) is 7.05 Å². The van der Waals surface area contributed by atoms with E-state index < -0.39 is 0 Å². The molecule has 0 aliphatic heterocycles. The van der Waals surface area contributed by atoms with Crippen LogP contribution in [0, 0.1) is 6.92 Å². The lowest BCUT2D eigenvalue weighted by Crippen LogP contribution is -1.95. The Morgan fingerprint density at radius 2 is 2.19 bits per heavy atom. The van der Waals surface area contributed by atoms with Crippen LogP contribution in [0.25, 0.3) is 27.4 Å². The van der Waals surface area contributed by atoms with E-state index in [1.54, 1.807) is 33.1 Å². The van der Waals surface area contributed by atoms with Crippen molar-refractivity contribution in [3.63, 3.8) is 0 Å². The predicted molar refractivity (Wildman–Crippen MR) is 82.5 cm³/mol. The third-order valence-electron chi connectivity index (χ3n) is 3.73. The average molecular weight is 298 g/mol. The Kier molecular flexibility index (Phi) is 2.58. The lowest BCUT2D eigenvalue weighted by molar-refractivity contribution is 0.769. The van der Waals surface area contributed by atoms with Gasteiger partial charge in [0.25, 0.3) is 0 Å². The number of nitrogens with zero attached hydrogens (tertiary/aromatic N) is 6. The minimum absolute atomic E-state index is 0.676. The first-order chi connectivity index (χ1) is 10.2. The summed E-state index contributed by atoms with van der Waals surface area (Å²) in [5.41, 5.74) is 3.09. The van der Waals surface area contributed by atoms with Crippen LogP contribution in [0.3, 0.4) is 0 Å². The van der Waals surface area contributed by atoms with Gasteiger partial charge in [0.05, 0.1) is 5.39 Å². The van der Waals surface area contributed by atoms with Gasteiger partial charge in [-0.2, -0.15) is 5.10 Å². The molecule has 0 atom stereocenters. The average Bonchev–Trinajstić information content (AvgIpc) is 3.13. The lowest BCUT2D eigenvalue weighted by Gasteiger charge is -1.96. The van der Waals surface area contributed by atoms with Crippen molar-refractivity contribution in [1.29, 1.82) is 0 Å². The van der Waals surface area contributed by atoms with Gasteiger partial charge in [0.1, 0.15) is 16.9 Å². The van der Waals surface area contributed by atoms with Crippen LogP contribution in [0.4, 0.5) is 0 Å². The smallest absolute Gasteiger partial charge is 0.200 e. The number of fused-ring (bicyclic) bond motifs is 3. The van der Waals surface area contributed by atoms with Gasteiger partial charge in [0.2, 0.25) is 0 Å². The van der Waals surface area contributed by atoms with Gasteiger partial charge in [-0.15, -0.1) is 16.4 Å². The molecule has 0 spiro atoms. The summed E-state index contributed by atoms with van der Waals surface area (Å²) in [6.45, 7) is 4.30. The highest BCUT2D eigenvalue weighted by Crippen LogP contribution is 2.32. The van der Waals surface area contributed by atoms with Gasteiger partial charge >= 0.3 is 0 Å². The summed E-state index contributed by atoms with van der Waals surface area (Å²) < 4.78 is 3.54. The SMILES string of the molecule is CCc1c(C)sc2ncn3nc(-c4ccnn4C)nc3c12. The molecule has 0 unspecified atom stereocenters. The molecule has 4 aromatic rings. The molecule has 0 saturated heterocycles. The van der Waals surface area contributed by atoms with Gasteiger partial charge in [-0.25, -0.2) is 14.5 Å². The summed E-state index contributed by atoms with van der Waals surface area (Å²) in [6.07, 6.45) is 4.46. The summed E-state index contributed by atoms with van der Waals surface area (Å²) >= 11 is 1.72. The first kappa shape index (κ1) is 12.5. The third kappa shape index (κ3) is 1.70. The molecule has 4 heterocycles. The molecule has 0 fully saturated rings. The van der Waals surface area contributed by atoms with E-state index in [0.29, 0.717) is 5.82 Å².